The fraction of sp³-hybridized carbons (Fsp3) is 0.368. The SMILES string of the molecule is COc1cc(C)c(NC(=O)c2sc(NC(=O)C3CC3)cc2C)cc1OC. The predicted molar refractivity (Wildman–Crippen MR) is 103 cm³/mol. The second-order valence-corrected chi connectivity index (χ2v) is 7.41. The molecule has 2 aromatic rings. The summed E-state index contributed by atoms with van der Waals surface area (Å²) < 4.78 is 10.6. The Kier molecular flexibility index (Phi) is 5.18. The molecule has 0 radical (unpaired) electrons. The maximum absolute atomic E-state index is 12.7. The van der Waals surface area contributed by atoms with Crippen molar-refractivity contribution in [2.45, 2.75) is 26.7 Å². The smallest absolute Gasteiger partial charge is 0.266 e. The van der Waals surface area contributed by atoms with E-state index in [1.165, 1.54) is 11.3 Å². The third kappa shape index (κ3) is 3.83. The van der Waals surface area contributed by atoms with Gasteiger partial charge in [0.25, 0.3) is 5.91 Å². The monoisotopic (exact) mass is 374 g/mol. The Balaban J connectivity index is 1.77. The van der Waals surface area contributed by atoms with Crippen molar-refractivity contribution >= 4 is 33.8 Å². The lowest BCUT2D eigenvalue weighted by molar-refractivity contribution is -0.117. The highest BCUT2D eigenvalue weighted by molar-refractivity contribution is 7.18. The summed E-state index contributed by atoms with van der Waals surface area (Å²) in [5.74, 6) is 1.11. The topological polar surface area (TPSA) is 76.7 Å². The first-order valence-electron chi connectivity index (χ1n) is 8.38. The van der Waals surface area contributed by atoms with E-state index < -0.39 is 0 Å². The molecule has 1 fully saturated rings. The van der Waals surface area contributed by atoms with Crippen molar-refractivity contribution in [3.05, 3.63) is 34.2 Å². The zero-order valence-corrected chi connectivity index (χ0v) is 16.1. The van der Waals surface area contributed by atoms with Crippen LogP contribution >= 0.6 is 11.3 Å². The molecule has 3 rings (SSSR count). The number of ether oxygens (including phenoxy) is 2. The van der Waals surface area contributed by atoms with Gasteiger partial charge in [0.1, 0.15) is 0 Å². The molecule has 0 unspecified atom stereocenters. The molecule has 0 saturated heterocycles. The highest BCUT2D eigenvalue weighted by atomic mass is 32.1. The quantitative estimate of drug-likeness (QED) is 0.802. The van der Waals surface area contributed by atoms with Gasteiger partial charge in [-0.3, -0.25) is 9.59 Å². The van der Waals surface area contributed by atoms with Crippen molar-refractivity contribution in [3.63, 3.8) is 0 Å². The number of anilines is 2. The van der Waals surface area contributed by atoms with Gasteiger partial charge in [0.2, 0.25) is 5.91 Å². The average Bonchev–Trinajstić information content (AvgIpc) is 3.40. The fourth-order valence-electron chi connectivity index (χ4n) is 2.63. The molecular formula is C19H22N2O4S. The molecular weight excluding hydrogens is 352 g/mol. The fourth-order valence-corrected chi connectivity index (χ4v) is 3.60. The minimum atomic E-state index is -0.213. The lowest BCUT2D eigenvalue weighted by atomic mass is 10.1. The molecule has 0 aliphatic heterocycles. The van der Waals surface area contributed by atoms with Crippen LogP contribution in [0.15, 0.2) is 18.2 Å². The summed E-state index contributed by atoms with van der Waals surface area (Å²) >= 11 is 1.28. The van der Waals surface area contributed by atoms with Crippen molar-refractivity contribution in [1.82, 2.24) is 0 Å². The molecule has 1 aliphatic rings. The summed E-state index contributed by atoms with van der Waals surface area (Å²) in [6.07, 6.45) is 1.89. The van der Waals surface area contributed by atoms with Crippen LogP contribution in [0.1, 0.15) is 33.6 Å². The lowest BCUT2D eigenvalue weighted by Crippen LogP contribution is -2.13. The molecule has 0 spiro atoms. The van der Waals surface area contributed by atoms with Crippen molar-refractivity contribution in [2.75, 3.05) is 24.9 Å². The van der Waals surface area contributed by atoms with E-state index in [0.29, 0.717) is 27.1 Å². The van der Waals surface area contributed by atoms with Crippen LogP contribution in [0.5, 0.6) is 11.5 Å². The average molecular weight is 374 g/mol. The molecule has 1 aliphatic carbocycles. The third-order valence-corrected chi connectivity index (χ3v) is 5.45. The second-order valence-electron chi connectivity index (χ2n) is 6.36. The van der Waals surface area contributed by atoms with Gasteiger partial charge in [-0.25, -0.2) is 0 Å². The Morgan fingerprint density at radius 3 is 2.27 bits per heavy atom. The summed E-state index contributed by atoms with van der Waals surface area (Å²) in [6.45, 7) is 3.75. The van der Waals surface area contributed by atoms with E-state index in [1.54, 1.807) is 20.3 Å². The standard InChI is InChI=1S/C19H22N2O4S/c1-10-7-14(24-3)15(25-4)9-13(10)20-19(23)17-11(2)8-16(26-17)21-18(22)12-5-6-12/h7-9,12H,5-6H2,1-4H3,(H,20,23)(H,21,22). The van der Waals surface area contributed by atoms with Crippen LogP contribution in [-0.4, -0.2) is 26.0 Å². The summed E-state index contributed by atoms with van der Waals surface area (Å²) in [7, 11) is 3.12. The van der Waals surface area contributed by atoms with Crippen LogP contribution in [0.25, 0.3) is 0 Å². The van der Waals surface area contributed by atoms with Gasteiger partial charge in [-0.1, -0.05) is 0 Å². The van der Waals surface area contributed by atoms with Gasteiger partial charge in [-0.2, -0.15) is 0 Å². The number of rotatable bonds is 6. The van der Waals surface area contributed by atoms with Gasteiger partial charge >= 0.3 is 0 Å². The van der Waals surface area contributed by atoms with E-state index in [1.807, 2.05) is 26.0 Å². The molecule has 1 aromatic carbocycles. The molecule has 1 heterocycles. The number of hydrogen-bond acceptors (Lipinski definition) is 5. The minimum Gasteiger partial charge on any atom is -0.493 e. The number of aryl methyl sites for hydroxylation is 2. The van der Waals surface area contributed by atoms with Crippen LogP contribution in [0, 0.1) is 19.8 Å². The molecule has 6 nitrogen and oxygen atoms in total. The molecule has 7 heteroatoms. The van der Waals surface area contributed by atoms with Gasteiger partial charge in [-0.15, -0.1) is 11.3 Å². The van der Waals surface area contributed by atoms with Crippen molar-refractivity contribution < 1.29 is 19.1 Å². The van der Waals surface area contributed by atoms with E-state index >= 15 is 0 Å². The Labute approximate surface area is 156 Å². The molecule has 26 heavy (non-hydrogen) atoms. The van der Waals surface area contributed by atoms with E-state index in [4.69, 9.17) is 9.47 Å². The van der Waals surface area contributed by atoms with Gasteiger partial charge < -0.3 is 20.1 Å². The first-order chi connectivity index (χ1) is 12.4. The van der Waals surface area contributed by atoms with Crippen LogP contribution in [0.3, 0.4) is 0 Å². The van der Waals surface area contributed by atoms with Crippen LogP contribution < -0.4 is 20.1 Å². The van der Waals surface area contributed by atoms with E-state index in [-0.39, 0.29) is 17.7 Å². The first-order valence-corrected chi connectivity index (χ1v) is 9.19. The zero-order chi connectivity index (χ0) is 18.8. The largest absolute Gasteiger partial charge is 0.493 e. The number of methoxy groups -OCH3 is 2. The van der Waals surface area contributed by atoms with E-state index in [0.717, 1.165) is 24.0 Å². The van der Waals surface area contributed by atoms with Gasteiger partial charge in [0.15, 0.2) is 11.5 Å². The summed E-state index contributed by atoms with van der Waals surface area (Å²) in [4.78, 5) is 25.2. The zero-order valence-electron chi connectivity index (χ0n) is 15.3. The van der Waals surface area contributed by atoms with Gasteiger partial charge in [0.05, 0.1) is 24.1 Å². The summed E-state index contributed by atoms with van der Waals surface area (Å²) in [5, 5.41) is 6.51. The summed E-state index contributed by atoms with van der Waals surface area (Å²) in [6, 6.07) is 5.39. The molecule has 0 bridgehead atoms. The maximum Gasteiger partial charge on any atom is 0.266 e. The number of benzene rings is 1. The predicted octanol–water partition coefficient (Wildman–Crippen LogP) is 3.98. The lowest BCUT2D eigenvalue weighted by Gasteiger charge is -2.13. The molecule has 0 atom stereocenters. The minimum absolute atomic E-state index is 0.0361. The Hall–Kier alpha value is -2.54. The van der Waals surface area contributed by atoms with Crippen molar-refractivity contribution in [3.8, 4) is 11.5 Å². The molecule has 1 aromatic heterocycles. The van der Waals surface area contributed by atoms with Crippen molar-refractivity contribution in [2.24, 2.45) is 5.92 Å². The van der Waals surface area contributed by atoms with Gasteiger partial charge in [0, 0.05) is 17.7 Å². The summed E-state index contributed by atoms with van der Waals surface area (Å²) in [5.41, 5.74) is 2.35. The normalized spacial score (nSPS) is 13.2. The van der Waals surface area contributed by atoms with Gasteiger partial charge in [-0.05, 0) is 49.9 Å². The number of amides is 2. The number of carbonyl (C=O) groups is 2. The molecule has 1 saturated carbocycles. The molecule has 2 amide bonds. The Bertz CT molecular complexity index is 855. The third-order valence-electron chi connectivity index (χ3n) is 4.30. The highest BCUT2D eigenvalue weighted by Crippen LogP contribution is 2.35. The Morgan fingerprint density at radius 2 is 1.65 bits per heavy atom. The number of hydrogen-bond donors (Lipinski definition) is 2. The number of nitrogens with one attached hydrogen (secondary N) is 2. The first kappa shape index (κ1) is 18.3. The molecule has 138 valence electrons. The molecule has 2 N–H and O–H groups in total. The van der Waals surface area contributed by atoms with E-state index in [9.17, 15) is 9.59 Å². The Morgan fingerprint density at radius 1 is 1.00 bits per heavy atom. The number of thiophene rings is 1. The second kappa shape index (κ2) is 7.37. The highest BCUT2D eigenvalue weighted by Gasteiger charge is 2.30. The van der Waals surface area contributed by atoms with Crippen LogP contribution in [0.4, 0.5) is 10.7 Å². The van der Waals surface area contributed by atoms with Crippen LogP contribution in [0.2, 0.25) is 0 Å². The van der Waals surface area contributed by atoms with E-state index in [2.05, 4.69) is 10.6 Å². The number of carbonyl (C=O) groups excluding carboxylic acids is 2. The van der Waals surface area contributed by atoms with Crippen molar-refractivity contribution in [1.29, 1.82) is 0 Å². The maximum atomic E-state index is 12.7. The van der Waals surface area contributed by atoms with Crippen LogP contribution in [-0.2, 0) is 4.79 Å².